The summed E-state index contributed by atoms with van der Waals surface area (Å²) in [5, 5.41) is 9.48. The Labute approximate surface area is 206 Å². The van der Waals surface area contributed by atoms with Gasteiger partial charge in [0.15, 0.2) is 6.61 Å². The number of amides is 2. The molecule has 3 rings (SSSR count). The summed E-state index contributed by atoms with van der Waals surface area (Å²) in [6.45, 7) is -1.97. The Bertz CT molecular complexity index is 1090. The third kappa shape index (κ3) is 8.07. The Morgan fingerprint density at radius 1 is 1.25 bits per heavy atom. The molecule has 2 N–H and O–H groups in total. The van der Waals surface area contributed by atoms with Gasteiger partial charge in [0.05, 0.1) is 24.4 Å². The number of alkyl halides is 6. The van der Waals surface area contributed by atoms with Crippen LogP contribution in [0, 0.1) is 0 Å². The fourth-order valence-electron chi connectivity index (χ4n) is 3.73. The van der Waals surface area contributed by atoms with E-state index in [-0.39, 0.29) is 35.0 Å². The predicted octanol–water partition coefficient (Wildman–Crippen LogP) is 4.37. The first-order chi connectivity index (χ1) is 16.8. The van der Waals surface area contributed by atoms with Gasteiger partial charge in [-0.25, -0.2) is 4.68 Å². The Balaban J connectivity index is 1.72. The lowest BCUT2D eigenvalue weighted by molar-refractivity contribution is -0.153. The number of halogens is 6. The first-order valence-corrected chi connectivity index (χ1v) is 12.3. The van der Waals surface area contributed by atoms with E-state index in [9.17, 15) is 35.9 Å². The Kier molecular flexibility index (Phi) is 8.80. The molecule has 2 heterocycles. The molecular weight excluding hydrogens is 514 g/mol. The van der Waals surface area contributed by atoms with E-state index in [1.807, 2.05) is 0 Å². The van der Waals surface area contributed by atoms with Crippen molar-refractivity contribution in [2.24, 2.45) is 0 Å². The lowest BCUT2D eigenvalue weighted by atomic mass is 9.96. The number of nitrogens with one attached hydrogen (secondary N) is 2. The van der Waals surface area contributed by atoms with Gasteiger partial charge in [0, 0.05) is 12.5 Å². The van der Waals surface area contributed by atoms with Crippen LogP contribution in [0.4, 0.5) is 32.2 Å². The molecule has 0 saturated carbocycles. The van der Waals surface area contributed by atoms with Crippen molar-refractivity contribution < 1.29 is 40.7 Å². The smallest absolute Gasteiger partial charge is 0.422 e. The summed E-state index contributed by atoms with van der Waals surface area (Å²) >= 11 is 1.22. The fourth-order valence-corrected chi connectivity index (χ4v) is 4.06. The SMILES string of the molecule is CSCC(=O)Nc1c2c(nn1CCC(F)(F)F)C[C@H](CCc1cccc(OCC(F)(F)F)c1)NC2=O. The molecule has 1 aromatic carbocycles. The van der Waals surface area contributed by atoms with Crippen LogP contribution in [0.5, 0.6) is 5.75 Å². The van der Waals surface area contributed by atoms with E-state index in [0.29, 0.717) is 18.4 Å². The molecule has 2 amide bonds. The van der Waals surface area contributed by atoms with Gasteiger partial charge in [-0.05, 0) is 36.8 Å². The number of fused-ring (bicyclic) bond motifs is 1. The molecule has 36 heavy (non-hydrogen) atoms. The molecule has 1 aliphatic heterocycles. The first kappa shape index (κ1) is 27.7. The first-order valence-electron chi connectivity index (χ1n) is 10.9. The molecule has 198 valence electrons. The predicted molar refractivity (Wildman–Crippen MR) is 121 cm³/mol. The standard InChI is InChI=1S/C22H24F6N4O3S/c1-36-11-17(33)30-19-18-16(31-32(19)8-7-21(23,24)25)10-14(29-20(18)34)6-5-13-3-2-4-15(9-13)35-12-22(26,27)28/h2-4,9,14H,5-8,10-12H2,1H3,(H,29,34)(H,30,33)/t14-/m0/s1. The summed E-state index contributed by atoms with van der Waals surface area (Å²) in [6, 6.07) is 5.74. The van der Waals surface area contributed by atoms with Gasteiger partial charge >= 0.3 is 12.4 Å². The molecule has 2 aromatic rings. The zero-order valence-electron chi connectivity index (χ0n) is 19.1. The average Bonchev–Trinajstić information content (AvgIpc) is 3.12. The molecule has 7 nitrogen and oxygen atoms in total. The molecule has 0 spiro atoms. The maximum atomic E-state index is 12.8. The van der Waals surface area contributed by atoms with Crippen molar-refractivity contribution in [3.8, 4) is 5.75 Å². The molecule has 0 fully saturated rings. The average molecular weight is 539 g/mol. The molecule has 0 radical (unpaired) electrons. The normalized spacial score (nSPS) is 15.9. The van der Waals surface area contributed by atoms with Crippen LogP contribution in [-0.2, 0) is 24.2 Å². The summed E-state index contributed by atoms with van der Waals surface area (Å²) in [6.07, 6.45) is -7.39. The van der Waals surface area contributed by atoms with Gasteiger partial charge < -0.3 is 15.4 Å². The number of rotatable bonds is 10. The van der Waals surface area contributed by atoms with Gasteiger partial charge in [0.1, 0.15) is 17.1 Å². The lowest BCUT2D eigenvalue weighted by Crippen LogP contribution is -2.41. The minimum atomic E-state index is -4.46. The highest BCUT2D eigenvalue weighted by atomic mass is 32.2. The second-order valence-corrected chi connectivity index (χ2v) is 9.07. The highest BCUT2D eigenvalue weighted by molar-refractivity contribution is 7.99. The molecule has 0 unspecified atom stereocenters. The molecule has 0 aliphatic carbocycles. The molecule has 0 bridgehead atoms. The number of carbonyl (C=O) groups is 2. The van der Waals surface area contributed by atoms with E-state index in [0.717, 1.165) is 4.68 Å². The van der Waals surface area contributed by atoms with Crippen LogP contribution >= 0.6 is 11.8 Å². The van der Waals surface area contributed by atoms with E-state index in [4.69, 9.17) is 4.74 Å². The summed E-state index contributed by atoms with van der Waals surface area (Å²) < 4.78 is 81.3. The van der Waals surface area contributed by atoms with Gasteiger partial charge in [0.25, 0.3) is 5.91 Å². The van der Waals surface area contributed by atoms with E-state index in [2.05, 4.69) is 15.7 Å². The van der Waals surface area contributed by atoms with Crippen molar-refractivity contribution in [1.29, 1.82) is 0 Å². The van der Waals surface area contributed by atoms with Gasteiger partial charge in [-0.2, -0.15) is 43.2 Å². The largest absolute Gasteiger partial charge is 0.484 e. The fraction of sp³-hybridized carbons (Fsp3) is 0.500. The Morgan fingerprint density at radius 3 is 2.67 bits per heavy atom. The highest BCUT2D eigenvalue weighted by Gasteiger charge is 2.34. The van der Waals surface area contributed by atoms with Crippen molar-refractivity contribution in [1.82, 2.24) is 15.1 Å². The number of hydrogen-bond donors (Lipinski definition) is 2. The van der Waals surface area contributed by atoms with Gasteiger partial charge in [0.2, 0.25) is 5.91 Å². The third-order valence-electron chi connectivity index (χ3n) is 5.25. The maximum absolute atomic E-state index is 12.8. The number of benzene rings is 1. The van der Waals surface area contributed by atoms with Crippen molar-refractivity contribution >= 4 is 29.4 Å². The molecular formula is C22H24F6N4O3S. The molecule has 0 saturated heterocycles. The second-order valence-electron chi connectivity index (χ2n) is 8.20. The van der Waals surface area contributed by atoms with E-state index >= 15 is 0 Å². The van der Waals surface area contributed by atoms with Gasteiger partial charge in [-0.3, -0.25) is 9.59 Å². The minimum Gasteiger partial charge on any atom is -0.484 e. The quantitative estimate of drug-likeness (QED) is 0.439. The van der Waals surface area contributed by atoms with E-state index in [1.165, 1.54) is 23.9 Å². The summed E-state index contributed by atoms with van der Waals surface area (Å²) in [5.41, 5.74) is 0.994. The third-order valence-corrected chi connectivity index (χ3v) is 5.80. The summed E-state index contributed by atoms with van der Waals surface area (Å²) in [5.74, 6) is -0.996. The number of hydrogen-bond acceptors (Lipinski definition) is 5. The highest BCUT2D eigenvalue weighted by Crippen LogP contribution is 2.29. The molecule has 1 atom stereocenters. The molecule has 1 aliphatic rings. The van der Waals surface area contributed by atoms with E-state index in [1.54, 1.807) is 18.4 Å². The number of aromatic nitrogens is 2. The van der Waals surface area contributed by atoms with Crippen LogP contribution in [0.3, 0.4) is 0 Å². The summed E-state index contributed by atoms with van der Waals surface area (Å²) in [4.78, 5) is 25.0. The number of anilines is 1. The number of aryl methyl sites for hydroxylation is 2. The Hall–Kier alpha value is -2.90. The van der Waals surface area contributed by atoms with Gasteiger partial charge in [-0.1, -0.05) is 12.1 Å². The summed E-state index contributed by atoms with van der Waals surface area (Å²) in [7, 11) is 0. The van der Waals surface area contributed by atoms with Crippen LogP contribution in [0.1, 0.15) is 34.5 Å². The second kappa shape index (κ2) is 11.4. The number of carbonyl (C=O) groups excluding carboxylic acids is 2. The van der Waals surface area contributed by atoms with E-state index < -0.39 is 49.8 Å². The van der Waals surface area contributed by atoms with Crippen LogP contribution in [-0.4, -0.2) is 58.6 Å². The van der Waals surface area contributed by atoms with Crippen LogP contribution < -0.4 is 15.4 Å². The number of nitrogens with zero attached hydrogens (tertiary/aromatic N) is 2. The minimum absolute atomic E-state index is 0.0328. The molecule has 1 aromatic heterocycles. The van der Waals surface area contributed by atoms with Crippen molar-refractivity contribution in [2.45, 2.75) is 50.6 Å². The van der Waals surface area contributed by atoms with Crippen LogP contribution in [0.25, 0.3) is 0 Å². The number of thioether (sulfide) groups is 1. The maximum Gasteiger partial charge on any atom is 0.422 e. The van der Waals surface area contributed by atoms with Crippen molar-refractivity contribution in [3.63, 3.8) is 0 Å². The Morgan fingerprint density at radius 2 is 2.00 bits per heavy atom. The van der Waals surface area contributed by atoms with Crippen molar-refractivity contribution in [3.05, 3.63) is 41.1 Å². The van der Waals surface area contributed by atoms with Crippen LogP contribution in [0.2, 0.25) is 0 Å². The lowest BCUT2D eigenvalue weighted by Gasteiger charge is -2.23. The molecule has 14 heteroatoms. The van der Waals surface area contributed by atoms with Crippen molar-refractivity contribution in [2.75, 3.05) is 23.9 Å². The topological polar surface area (TPSA) is 85.2 Å². The zero-order chi connectivity index (χ0) is 26.5. The van der Waals surface area contributed by atoms with Gasteiger partial charge in [-0.15, -0.1) is 0 Å². The van der Waals surface area contributed by atoms with Crippen LogP contribution in [0.15, 0.2) is 24.3 Å². The number of ether oxygens (including phenoxy) is 1. The zero-order valence-corrected chi connectivity index (χ0v) is 19.9. The monoisotopic (exact) mass is 538 g/mol.